The van der Waals surface area contributed by atoms with Gasteiger partial charge in [0.25, 0.3) is 0 Å². The topological polar surface area (TPSA) is 36.4 Å². The van der Waals surface area contributed by atoms with Crippen LogP contribution in [0.2, 0.25) is 0 Å². The summed E-state index contributed by atoms with van der Waals surface area (Å²) < 4.78 is 27.1. The molecule has 0 aliphatic rings. The van der Waals surface area contributed by atoms with Crippen molar-refractivity contribution in [1.82, 2.24) is 10.6 Å². The Morgan fingerprint density at radius 3 is 2.48 bits per heavy atom. The highest BCUT2D eigenvalue weighted by Crippen LogP contribution is 2.11. The molecule has 0 aromatic heterocycles. The zero-order valence-electron chi connectivity index (χ0n) is 13.7. The van der Waals surface area contributed by atoms with E-state index >= 15 is 0 Å². The molecule has 0 unspecified atom stereocenters. The van der Waals surface area contributed by atoms with E-state index in [-0.39, 0.29) is 36.0 Å². The molecule has 1 aromatic carbocycles. The van der Waals surface area contributed by atoms with E-state index in [0.29, 0.717) is 12.5 Å². The molecule has 2 N–H and O–H groups in total. The van der Waals surface area contributed by atoms with Gasteiger partial charge in [0.1, 0.15) is 11.6 Å². The van der Waals surface area contributed by atoms with E-state index in [0.717, 1.165) is 31.7 Å². The molecule has 1 rings (SSSR count). The Morgan fingerprint density at radius 1 is 1.17 bits per heavy atom. The van der Waals surface area contributed by atoms with Crippen LogP contribution in [0, 0.1) is 11.6 Å². The first kappa shape index (κ1) is 22.4. The number of aliphatic imine (C=N–C) groups is 1. The summed E-state index contributed by atoms with van der Waals surface area (Å²) in [6, 6.07) is 3.94. The van der Waals surface area contributed by atoms with Gasteiger partial charge in [0.05, 0.1) is 0 Å². The molecule has 3 nitrogen and oxygen atoms in total. The highest BCUT2D eigenvalue weighted by Gasteiger charge is 2.08. The lowest BCUT2D eigenvalue weighted by molar-refractivity contribution is 0.553. The van der Waals surface area contributed by atoms with Crippen molar-refractivity contribution in [3.05, 3.63) is 35.4 Å². The molecule has 0 amide bonds. The first-order valence-corrected chi connectivity index (χ1v) is 9.02. The van der Waals surface area contributed by atoms with Gasteiger partial charge in [-0.15, -0.1) is 24.0 Å². The summed E-state index contributed by atoms with van der Waals surface area (Å²) in [5.41, 5.74) is 0.116. The van der Waals surface area contributed by atoms with Gasteiger partial charge in [-0.05, 0) is 50.3 Å². The average Bonchev–Trinajstić information content (AvgIpc) is 2.50. The number of rotatable bonds is 9. The molecule has 0 atom stereocenters. The van der Waals surface area contributed by atoms with Crippen molar-refractivity contribution >= 4 is 41.7 Å². The highest BCUT2D eigenvalue weighted by molar-refractivity contribution is 14.0. The van der Waals surface area contributed by atoms with E-state index in [2.05, 4.69) is 21.9 Å². The Bertz CT molecular complexity index is 452. The fourth-order valence-electron chi connectivity index (χ4n) is 1.97. The molecule has 0 bridgehead atoms. The second kappa shape index (κ2) is 13.8. The predicted molar refractivity (Wildman–Crippen MR) is 107 cm³/mol. The smallest absolute Gasteiger partial charge is 0.191 e. The molecular formula is C16H26F2IN3S. The van der Waals surface area contributed by atoms with Gasteiger partial charge in [0.15, 0.2) is 5.96 Å². The molecular weight excluding hydrogens is 431 g/mol. The van der Waals surface area contributed by atoms with Crippen LogP contribution in [0.3, 0.4) is 0 Å². The maximum absolute atomic E-state index is 13.5. The second-order valence-electron chi connectivity index (χ2n) is 4.84. The number of hydrogen-bond acceptors (Lipinski definition) is 2. The number of nitrogens with one attached hydrogen (secondary N) is 2. The molecule has 23 heavy (non-hydrogen) atoms. The van der Waals surface area contributed by atoms with E-state index in [1.54, 1.807) is 0 Å². The van der Waals surface area contributed by atoms with E-state index in [9.17, 15) is 8.78 Å². The third kappa shape index (κ3) is 9.34. The lowest BCUT2D eigenvalue weighted by atomic mass is 10.1. The van der Waals surface area contributed by atoms with Crippen LogP contribution in [0.5, 0.6) is 0 Å². The minimum Gasteiger partial charge on any atom is -0.357 e. The Morgan fingerprint density at radius 2 is 1.87 bits per heavy atom. The number of halogens is 3. The fraction of sp³-hybridized carbons (Fsp3) is 0.562. The van der Waals surface area contributed by atoms with Gasteiger partial charge in [-0.2, -0.15) is 11.8 Å². The monoisotopic (exact) mass is 457 g/mol. The van der Waals surface area contributed by atoms with Crippen LogP contribution in [-0.4, -0.2) is 37.6 Å². The second-order valence-corrected chi connectivity index (χ2v) is 5.82. The summed E-state index contributed by atoms with van der Waals surface area (Å²) >= 11 is 1.83. The molecule has 7 heteroatoms. The van der Waals surface area contributed by atoms with E-state index in [1.807, 2.05) is 18.7 Å². The van der Waals surface area contributed by atoms with Gasteiger partial charge >= 0.3 is 0 Å². The lowest BCUT2D eigenvalue weighted by Gasteiger charge is -2.12. The largest absolute Gasteiger partial charge is 0.357 e. The quantitative estimate of drug-likeness (QED) is 0.256. The highest BCUT2D eigenvalue weighted by atomic mass is 127. The van der Waals surface area contributed by atoms with E-state index in [1.165, 1.54) is 18.2 Å². The van der Waals surface area contributed by atoms with Crippen molar-refractivity contribution in [2.24, 2.45) is 4.99 Å². The number of thioether (sulfide) groups is 1. The molecule has 0 fully saturated rings. The normalized spacial score (nSPS) is 11.0. The minimum absolute atomic E-state index is 0. The molecule has 132 valence electrons. The van der Waals surface area contributed by atoms with Gasteiger partial charge in [-0.3, -0.25) is 4.99 Å². The van der Waals surface area contributed by atoms with Gasteiger partial charge in [-0.25, -0.2) is 8.78 Å². The fourth-order valence-corrected chi connectivity index (χ4v) is 2.46. The molecule has 0 aliphatic carbocycles. The molecule has 0 aliphatic heterocycles. The molecule has 0 saturated heterocycles. The van der Waals surface area contributed by atoms with Gasteiger partial charge in [-0.1, -0.05) is 6.07 Å². The molecule has 0 radical (unpaired) electrons. The number of nitrogens with zero attached hydrogens (tertiary/aromatic N) is 1. The summed E-state index contributed by atoms with van der Waals surface area (Å²) in [5, 5.41) is 6.25. The minimum atomic E-state index is -0.499. The van der Waals surface area contributed by atoms with Crippen molar-refractivity contribution in [2.45, 2.75) is 26.2 Å². The maximum atomic E-state index is 13.5. The van der Waals surface area contributed by atoms with Crippen LogP contribution in [0.1, 0.15) is 25.3 Å². The van der Waals surface area contributed by atoms with Crippen LogP contribution < -0.4 is 10.6 Å². The van der Waals surface area contributed by atoms with Crippen molar-refractivity contribution in [3.63, 3.8) is 0 Å². The summed E-state index contributed by atoms with van der Waals surface area (Å²) in [4.78, 5) is 4.46. The summed E-state index contributed by atoms with van der Waals surface area (Å²) in [7, 11) is 0. The molecule has 1 aromatic rings. The molecule has 0 heterocycles. The Labute approximate surface area is 159 Å². The predicted octanol–water partition coefficient (Wildman–Crippen LogP) is 3.82. The lowest BCUT2D eigenvalue weighted by Crippen LogP contribution is -2.38. The molecule has 0 spiro atoms. The summed E-state index contributed by atoms with van der Waals surface area (Å²) in [5.74, 6) is 0.844. The van der Waals surface area contributed by atoms with Crippen molar-refractivity contribution < 1.29 is 8.78 Å². The zero-order valence-corrected chi connectivity index (χ0v) is 16.8. The van der Waals surface area contributed by atoms with Gasteiger partial charge < -0.3 is 10.6 Å². The summed E-state index contributed by atoms with van der Waals surface area (Å²) in [6.07, 6.45) is 4.57. The van der Waals surface area contributed by atoms with Crippen molar-refractivity contribution in [2.75, 3.05) is 31.6 Å². The Hall–Kier alpha value is -0.570. The van der Waals surface area contributed by atoms with E-state index < -0.39 is 11.6 Å². The maximum Gasteiger partial charge on any atom is 0.191 e. The Kier molecular flexibility index (Phi) is 13.5. The van der Waals surface area contributed by atoms with Crippen LogP contribution in [0.15, 0.2) is 23.2 Å². The third-order valence-electron chi connectivity index (χ3n) is 3.10. The third-order valence-corrected chi connectivity index (χ3v) is 3.80. The van der Waals surface area contributed by atoms with E-state index in [4.69, 9.17) is 0 Å². The number of guanidine groups is 1. The number of hydrogen-bond donors (Lipinski definition) is 2. The number of benzene rings is 1. The average molecular weight is 457 g/mol. The molecule has 0 saturated carbocycles. The Balaban J connectivity index is 0.00000484. The van der Waals surface area contributed by atoms with Crippen LogP contribution in [0.25, 0.3) is 0 Å². The number of unbranched alkanes of at least 4 members (excludes halogenated alkanes) is 1. The van der Waals surface area contributed by atoms with Crippen molar-refractivity contribution in [3.8, 4) is 0 Å². The van der Waals surface area contributed by atoms with Crippen LogP contribution in [-0.2, 0) is 6.42 Å². The summed E-state index contributed by atoms with van der Waals surface area (Å²) in [6.45, 7) is 3.94. The van der Waals surface area contributed by atoms with Crippen molar-refractivity contribution in [1.29, 1.82) is 0 Å². The first-order valence-electron chi connectivity index (χ1n) is 7.63. The van der Waals surface area contributed by atoms with Crippen LogP contribution in [0.4, 0.5) is 8.78 Å². The van der Waals surface area contributed by atoms with Gasteiger partial charge in [0.2, 0.25) is 0 Å². The SMILES string of the molecule is CCNC(=NCCCCSC)NCCc1c(F)cccc1F.I. The zero-order chi connectivity index (χ0) is 16.2. The van der Waals surface area contributed by atoms with Gasteiger partial charge in [0, 0.05) is 25.2 Å². The standard InChI is InChI=1S/C16H25F2N3S.HI/c1-3-19-16(20-10-4-5-12-22-2)21-11-9-13-14(17)7-6-8-15(13)18;/h6-8H,3-5,9-12H2,1-2H3,(H2,19,20,21);1H. The first-order chi connectivity index (χ1) is 10.7. The van der Waals surface area contributed by atoms with Crippen LogP contribution >= 0.6 is 35.7 Å².